The third-order valence-electron chi connectivity index (χ3n) is 13.3. The predicted octanol–water partition coefficient (Wildman–Crippen LogP) is 19.2. The van der Waals surface area contributed by atoms with E-state index in [0.717, 1.165) is 19.3 Å². The van der Waals surface area contributed by atoms with Gasteiger partial charge in [-0.25, -0.2) is 0 Å². The van der Waals surface area contributed by atoms with Crippen LogP contribution in [-0.4, -0.2) is 17.0 Å². The van der Waals surface area contributed by atoms with Gasteiger partial charge in [0, 0.05) is 12.8 Å². The van der Waals surface area contributed by atoms with Gasteiger partial charge in [0.05, 0.1) is 0 Å². The van der Waals surface area contributed by atoms with E-state index >= 15 is 0 Å². The molecule has 4 nitrogen and oxygen atoms in total. The Bertz CT molecular complexity index is 735. The number of hydrogen-bond acceptors (Lipinski definition) is 2. The van der Waals surface area contributed by atoms with E-state index in [9.17, 15) is 9.59 Å². The summed E-state index contributed by atoms with van der Waals surface area (Å²) in [6.45, 7) is 0. The zero-order chi connectivity index (χ0) is 42.6. The van der Waals surface area contributed by atoms with Crippen molar-refractivity contribution >= 4 is 11.9 Å². The summed E-state index contributed by atoms with van der Waals surface area (Å²) in [5, 5.41) is 8.67. The second-order valence-corrected chi connectivity index (χ2v) is 19.4. The van der Waals surface area contributed by atoms with Crippen LogP contribution in [0.1, 0.15) is 340 Å². The number of carbonyl (C=O) groups is 2. The molecule has 0 atom stereocenters. The number of primary amides is 1. The van der Waals surface area contributed by atoms with Gasteiger partial charge in [-0.2, -0.15) is 0 Å². The van der Waals surface area contributed by atoms with E-state index in [-0.39, 0.29) is 5.91 Å². The summed E-state index contributed by atoms with van der Waals surface area (Å²) in [5.74, 6) is -0.797. The second kappa shape index (κ2) is 53.1. The van der Waals surface area contributed by atoms with Crippen molar-refractivity contribution in [3.63, 3.8) is 0 Å². The molecular weight excluding hydrogens is 723 g/mol. The molecule has 3 N–H and O–H groups in total. The molecule has 1 amide bonds. The molecule has 59 heavy (non-hydrogen) atoms. The van der Waals surface area contributed by atoms with E-state index in [1.807, 2.05) is 0 Å². The van der Waals surface area contributed by atoms with E-state index in [2.05, 4.69) is 0 Å². The van der Waals surface area contributed by atoms with Gasteiger partial charge in [-0.1, -0.05) is 315 Å². The molecule has 0 fully saturated rings. The van der Waals surface area contributed by atoms with Crippen LogP contribution in [0.3, 0.4) is 0 Å². The molecule has 0 aliphatic carbocycles. The number of rotatable bonds is 54. The lowest BCUT2D eigenvalue weighted by Crippen LogP contribution is -2.09. The Kier molecular flexibility index (Phi) is 52.1. The number of hydrogen-bond donors (Lipinski definition) is 2. The summed E-state index contributed by atoms with van der Waals surface area (Å²) in [6.07, 6.45) is 72.5. The average Bonchev–Trinajstić information content (AvgIpc) is 3.22. The lowest BCUT2D eigenvalue weighted by molar-refractivity contribution is -0.137. The van der Waals surface area contributed by atoms with Gasteiger partial charge >= 0.3 is 5.97 Å². The van der Waals surface area contributed by atoms with Crippen molar-refractivity contribution in [3.05, 3.63) is 0 Å². The van der Waals surface area contributed by atoms with Crippen LogP contribution in [-0.2, 0) is 9.59 Å². The van der Waals surface area contributed by atoms with Crippen LogP contribution >= 0.6 is 0 Å². The highest BCUT2D eigenvalue weighted by atomic mass is 16.4. The third kappa shape index (κ3) is 56.9. The number of unbranched alkanes of at least 4 members (excludes halogenated alkanes) is 50. The van der Waals surface area contributed by atoms with Crippen molar-refractivity contribution in [1.82, 2.24) is 0 Å². The molecule has 0 radical (unpaired) electrons. The normalized spacial score (nSPS) is 11.5. The van der Waals surface area contributed by atoms with Gasteiger partial charge in [0.1, 0.15) is 0 Å². The fourth-order valence-corrected chi connectivity index (χ4v) is 9.24. The maximum Gasteiger partial charge on any atom is 0.303 e. The predicted molar refractivity (Wildman–Crippen MR) is 262 cm³/mol. The minimum absolute atomic E-state index is 0.149. The van der Waals surface area contributed by atoms with Gasteiger partial charge in [0.2, 0.25) is 5.91 Å². The summed E-state index contributed by atoms with van der Waals surface area (Å²) < 4.78 is 0. The molecular formula is C55H109NO3. The van der Waals surface area contributed by atoms with E-state index in [1.165, 1.54) is 308 Å². The zero-order valence-corrected chi connectivity index (χ0v) is 40.3. The van der Waals surface area contributed by atoms with Crippen LogP contribution in [0.25, 0.3) is 0 Å². The Hall–Kier alpha value is -1.06. The van der Waals surface area contributed by atoms with Crippen LogP contribution in [0, 0.1) is 0 Å². The first-order chi connectivity index (χ1) is 29.1. The molecule has 4 heteroatoms. The zero-order valence-electron chi connectivity index (χ0n) is 40.3. The highest BCUT2D eigenvalue weighted by molar-refractivity contribution is 5.73. The molecule has 0 aromatic carbocycles. The molecule has 0 aromatic heterocycles. The van der Waals surface area contributed by atoms with E-state index in [0.29, 0.717) is 12.8 Å². The quantitative estimate of drug-likeness (QED) is 0.0599. The fourth-order valence-electron chi connectivity index (χ4n) is 9.24. The summed E-state index contributed by atoms with van der Waals surface area (Å²) in [7, 11) is 0. The number of carboxylic acids is 1. The number of carbonyl (C=O) groups excluding carboxylic acids is 1. The van der Waals surface area contributed by atoms with E-state index < -0.39 is 5.97 Å². The van der Waals surface area contributed by atoms with Gasteiger partial charge in [0.25, 0.3) is 0 Å². The minimum atomic E-state index is -0.648. The third-order valence-corrected chi connectivity index (χ3v) is 13.3. The molecule has 0 saturated carbocycles. The first-order valence-corrected chi connectivity index (χ1v) is 27.6. The average molecular weight is 832 g/mol. The van der Waals surface area contributed by atoms with Crippen molar-refractivity contribution in [1.29, 1.82) is 0 Å². The van der Waals surface area contributed by atoms with Crippen molar-refractivity contribution in [2.75, 3.05) is 0 Å². The molecule has 0 heterocycles. The standard InChI is InChI=1S/C55H109NO3/c56-54(57)52-50-48-46-44-42-40-38-36-34-32-30-28-26-24-22-20-18-16-14-12-10-8-6-4-2-1-3-5-7-9-11-13-15-17-19-21-23-25-27-29-31-33-35-37-39-41-43-45-47-49-51-53-55(58)59/h1-53H2,(H2,56,57)(H,58,59). The van der Waals surface area contributed by atoms with Crippen molar-refractivity contribution < 1.29 is 14.7 Å². The van der Waals surface area contributed by atoms with Gasteiger partial charge in [-0.3, -0.25) is 9.59 Å². The largest absolute Gasteiger partial charge is 0.481 e. The number of carboxylic acid groups (broad SMARTS) is 1. The summed E-state index contributed by atoms with van der Waals surface area (Å²) in [6, 6.07) is 0. The van der Waals surface area contributed by atoms with Crippen LogP contribution in [0.4, 0.5) is 0 Å². The van der Waals surface area contributed by atoms with Crippen LogP contribution in [0.5, 0.6) is 0 Å². The van der Waals surface area contributed by atoms with Gasteiger partial charge in [0.15, 0.2) is 0 Å². The van der Waals surface area contributed by atoms with Crippen molar-refractivity contribution in [3.8, 4) is 0 Å². The summed E-state index contributed by atoms with van der Waals surface area (Å²) in [5.41, 5.74) is 5.19. The molecule has 0 spiro atoms. The molecule has 0 aromatic rings. The number of amides is 1. The Morgan fingerprint density at radius 1 is 0.203 bits per heavy atom. The van der Waals surface area contributed by atoms with Crippen LogP contribution in [0.15, 0.2) is 0 Å². The first-order valence-electron chi connectivity index (χ1n) is 27.6. The summed E-state index contributed by atoms with van der Waals surface area (Å²) in [4.78, 5) is 21.3. The Morgan fingerprint density at radius 3 is 0.407 bits per heavy atom. The van der Waals surface area contributed by atoms with Crippen molar-refractivity contribution in [2.45, 2.75) is 340 Å². The van der Waals surface area contributed by atoms with E-state index in [1.54, 1.807) is 0 Å². The molecule has 0 rings (SSSR count). The van der Waals surface area contributed by atoms with E-state index in [4.69, 9.17) is 10.8 Å². The second-order valence-electron chi connectivity index (χ2n) is 19.4. The molecule has 0 bridgehead atoms. The Balaban J connectivity index is 3.07. The number of aliphatic carboxylic acids is 1. The molecule has 0 unspecified atom stereocenters. The molecule has 0 aliphatic rings. The SMILES string of the molecule is NC(=O)CCCCCCCCCCCCCCCCCCCCCCCCCCCCCCCCCCCCCCCCCCCCCCCCCCCCCC(=O)O. The minimum Gasteiger partial charge on any atom is -0.481 e. The summed E-state index contributed by atoms with van der Waals surface area (Å²) >= 11 is 0. The fraction of sp³-hybridized carbons (Fsp3) is 0.964. The van der Waals surface area contributed by atoms with Gasteiger partial charge in [-0.05, 0) is 12.8 Å². The van der Waals surface area contributed by atoms with Gasteiger partial charge in [-0.15, -0.1) is 0 Å². The maximum atomic E-state index is 10.7. The maximum absolute atomic E-state index is 10.7. The van der Waals surface area contributed by atoms with Gasteiger partial charge < -0.3 is 10.8 Å². The van der Waals surface area contributed by atoms with Crippen LogP contribution < -0.4 is 5.73 Å². The Morgan fingerprint density at radius 2 is 0.305 bits per heavy atom. The topological polar surface area (TPSA) is 80.4 Å². The smallest absolute Gasteiger partial charge is 0.303 e. The Labute approximate surface area is 371 Å². The first kappa shape index (κ1) is 57.9. The highest BCUT2D eigenvalue weighted by Crippen LogP contribution is 2.19. The molecule has 0 aliphatic heterocycles. The van der Waals surface area contributed by atoms with Crippen molar-refractivity contribution in [2.24, 2.45) is 5.73 Å². The van der Waals surface area contributed by atoms with Crippen LogP contribution in [0.2, 0.25) is 0 Å². The number of nitrogens with two attached hydrogens (primary N) is 1. The monoisotopic (exact) mass is 832 g/mol. The highest BCUT2D eigenvalue weighted by Gasteiger charge is 2.00. The molecule has 0 saturated heterocycles. The molecule has 352 valence electrons. The lowest BCUT2D eigenvalue weighted by Gasteiger charge is -2.05. The lowest BCUT2D eigenvalue weighted by atomic mass is 10.0.